The predicted molar refractivity (Wildman–Crippen MR) is 142 cm³/mol. The van der Waals surface area contributed by atoms with E-state index in [4.69, 9.17) is 14.2 Å². The third-order valence-corrected chi connectivity index (χ3v) is 6.02. The number of aromatic nitrogens is 1. The Labute approximate surface area is 208 Å². The molecule has 0 saturated carbocycles. The molecule has 34 heavy (non-hydrogen) atoms. The van der Waals surface area contributed by atoms with Gasteiger partial charge in [0, 0.05) is 24.4 Å². The van der Waals surface area contributed by atoms with Crippen molar-refractivity contribution < 1.29 is 19.0 Å². The Morgan fingerprint density at radius 3 is 2.47 bits per heavy atom. The lowest BCUT2D eigenvalue weighted by atomic mass is 10.1. The summed E-state index contributed by atoms with van der Waals surface area (Å²) in [5.41, 5.74) is 4.49. The van der Waals surface area contributed by atoms with E-state index in [0.29, 0.717) is 26.2 Å². The van der Waals surface area contributed by atoms with Crippen LogP contribution in [-0.4, -0.2) is 42.7 Å². The van der Waals surface area contributed by atoms with Crippen molar-refractivity contribution in [1.82, 2.24) is 4.57 Å². The molecule has 0 N–H and O–H groups in total. The smallest absolute Gasteiger partial charge is 0.335 e. The first-order valence-electron chi connectivity index (χ1n) is 11.7. The van der Waals surface area contributed by atoms with Crippen LogP contribution in [0.3, 0.4) is 0 Å². The normalized spacial score (nSPS) is 12.7. The number of esters is 1. The van der Waals surface area contributed by atoms with Crippen molar-refractivity contribution in [2.45, 2.75) is 46.8 Å². The molecule has 0 aliphatic heterocycles. The van der Waals surface area contributed by atoms with Gasteiger partial charge >= 0.3 is 5.97 Å². The minimum atomic E-state index is -0.588. The number of thioether (sulfide) groups is 1. The van der Waals surface area contributed by atoms with Crippen molar-refractivity contribution in [2.24, 2.45) is 0 Å². The van der Waals surface area contributed by atoms with E-state index in [-0.39, 0.29) is 5.97 Å². The number of carbonyl (C=O) groups excluding carboxylic acids is 1. The summed E-state index contributed by atoms with van der Waals surface area (Å²) in [7, 11) is 0. The van der Waals surface area contributed by atoms with Crippen molar-refractivity contribution in [3.05, 3.63) is 83.1 Å². The van der Waals surface area contributed by atoms with E-state index >= 15 is 0 Å². The fourth-order valence-electron chi connectivity index (χ4n) is 3.54. The van der Waals surface area contributed by atoms with E-state index in [0.717, 1.165) is 34.0 Å². The molecule has 0 aliphatic carbocycles. The van der Waals surface area contributed by atoms with Gasteiger partial charge in [-0.15, -0.1) is 11.8 Å². The van der Waals surface area contributed by atoms with E-state index in [1.54, 1.807) is 18.7 Å². The molecule has 2 rings (SSSR count). The maximum Gasteiger partial charge on any atom is 0.335 e. The topological polar surface area (TPSA) is 49.7 Å². The number of allylic oxidation sites excluding steroid dienone is 4. The molecular weight excluding hydrogens is 446 g/mol. The van der Waals surface area contributed by atoms with Crippen molar-refractivity contribution in [2.75, 3.05) is 26.1 Å². The number of ether oxygens (including phenoxy) is 3. The monoisotopic (exact) mass is 483 g/mol. The Kier molecular flexibility index (Phi) is 11.8. The summed E-state index contributed by atoms with van der Waals surface area (Å²) in [6.45, 7) is 13.9. The zero-order valence-electron chi connectivity index (χ0n) is 21.0. The molecule has 184 valence electrons. The molecule has 5 nitrogen and oxygen atoms in total. The highest BCUT2D eigenvalue weighted by Gasteiger charge is 2.20. The molecule has 0 radical (unpaired) electrons. The van der Waals surface area contributed by atoms with Crippen LogP contribution in [0.1, 0.15) is 37.7 Å². The molecule has 0 fully saturated rings. The Hall–Kier alpha value is -2.70. The zero-order chi connectivity index (χ0) is 24.9. The number of benzene rings is 1. The lowest BCUT2D eigenvalue weighted by Gasteiger charge is -2.16. The van der Waals surface area contributed by atoms with Crippen LogP contribution < -0.4 is 4.74 Å². The van der Waals surface area contributed by atoms with Crippen molar-refractivity contribution in [3.63, 3.8) is 0 Å². The van der Waals surface area contributed by atoms with Gasteiger partial charge in [-0.1, -0.05) is 30.9 Å². The summed E-state index contributed by atoms with van der Waals surface area (Å²) in [4.78, 5) is 13.1. The summed E-state index contributed by atoms with van der Waals surface area (Å²) in [5.74, 6) is 0.470. The number of rotatable bonds is 14. The fourth-order valence-corrected chi connectivity index (χ4v) is 3.74. The second kappa shape index (κ2) is 14.5. The van der Waals surface area contributed by atoms with Crippen LogP contribution in [0.2, 0.25) is 0 Å². The third-order valence-electron chi connectivity index (χ3n) is 5.36. The van der Waals surface area contributed by atoms with Gasteiger partial charge in [-0.05, 0) is 80.3 Å². The Morgan fingerprint density at radius 1 is 1.12 bits per heavy atom. The second-order valence-corrected chi connectivity index (χ2v) is 8.58. The van der Waals surface area contributed by atoms with Gasteiger partial charge in [0.05, 0.1) is 13.2 Å². The summed E-state index contributed by atoms with van der Waals surface area (Å²) >= 11 is 1.64. The molecule has 0 saturated heterocycles. The number of carbonyl (C=O) groups is 1. The van der Waals surface area contributed by atoms with E-state index in [1.807, 2.05) is 50.4 Å². The molecule has 0 spiro atoms. The average Bonchev–Trinajstić information content (AvgIpc) is 3.20. The standard InChI is InChI=1S/C28H37NO4S/c1-7-24(14-11-22(5)34-6)26-17-10-21(4)29(26)18-19-33-25-15-12-23(13-16-25)20-27(31-8-2)28(30)32-9-3/h7,10-17,27H,5,8-9,18-20H2,1-4,6H3/b14-11-,24-7+. The molecule has 1 heterocycles. The van der Waals surface area contributed by atoms with Gasteiger partial charge in [-0.25, -0.2) is 4.79 Å². The quantitative estimate of drug-likeness (QED) is 0.236. The Bertz CT molecular complexity index is 988. The molecule has 2 aromatic rings. The summed E-state index contributed by atoms with van der Waals surface area (Å²) in [5, 5.41) is 0. The highest BCUT2D eigenvalue weighted by Crippen LogP contribution is 2.22. The van der Waals surface area contributed by atoms with E-state index in [9.17, 15) is 4.79 Å². The van der Waals surface area contributed by atoms with Crippen molar-refractivity contribution in [3.8, 4) is 5.75 Å². The molecule has 1 aromatic heterocycles. The Morgan fingerprint density at radius 2 is 1.85 bits per heavy atom. The van der Waals surface area contributed by atoms with Gasteiger partial charge in [0.2, 0.25) is 0 Å². The van der Waals surface area contributed by atoms with Crippen LogP contribution in [0.25, 0.3) is 5.57 Å². The van der Waals surface area contributed by atoms with Gasteiger partial charge in [0.25, 0.3) is 0 Å². The first kappa shape index (κ1) is 27.5. The lowest BCUT2D eigenvalue weighted by Crippen LogP contribution is -2.28. The zero-order valence-corrected chi connectivity index (χ0v) is 21.8. The van der Waals surface area contributed by atoms with E-state index in [1.165, 1.54) is 5.69 Å². The van der Waals surface area contributed by atoms with Gasteiger partial charge < -0.3 is 18.8 Å². The third kappa shape index (κ3) is 8.26. The average molecular weight is 484 g/mol. The minimum Gasteiger partial charge on any atom is -0.492 e. The van der Waals surface area contributed by atoms with Crippen LogP contribution in [0.5, 0.6) is 5.75 Å². The van der Waals surface area contributed by atoms with Crippen LogP contribution in [0.4, 0.5) is 0 Å². The first-order valence-corrected chi connectivity index (χ1v) is 12.9. The molecule has 0 amide bonds. The van der Waals surface area contributed by atoms with Crippen LogP contribution in [-0.2, 0) is 27.2 Å². The van der Waals surface area contributed by atoms with Crippen LogP contribution in [0.15, 0.2) is 66.1 Å². The van der Waals surface area contributed by atoms with Crippen molar-refractivity contribution in [1.29, 1.82) is 0 Å². The summed E-state index contributed by atoms with van der Waals surface area (Å²) < 4.78 is 19.0. The first-order chi connectivity index (χ1) is 16.4. The van der Waals surface area contributed by atoms with Gasteiger partial charge in [-0.2, -0.15) is 0 Å². The van der Waals surface area contributed by atoms with Crippen molar-refractivity contribution >= 4 is 23.3 Å². The minimum absolute atomic E-state index is 0.323. The predicted octanol–water partition coefficient (Wildman–Crippen LogP) is 6.22. The van der Waals surface area contributed by atoms with E-state index in [2.05, 4.69) is 42.4 Å². The molecule has 6 heteroatoms. The highest BCUT2D eigenvalue weighted by molar-refractivity contribution is 8.02. The summed E-state index contributed by atoms with van der Waals surface area (Å²) in [6.07, 6.45) is 8.17. The highest BCUT2D eigenvalue weighted by atomic mass is 32.2. The summed E-state index contributed by atoms with van der Waals surface area (Å²) in [6, 6.07) is 12.1. The number of nitrogens with zero attached hydrogens (tertiary/aromatic N) is 1. The Balaban J connectivity index is 1.99. The van der Waals surface area contributed by atoms with Gasteiger partial charge in [0.15, 0.2) is 6.10 Å². The molecule has 0 bridgehead atoms. The lowest BCUT2D eigenvalue weighted by molar-refractivity contribution is -0.156. The maximum absolute atomic E-state index is 12.1. The molecule has 1 aromatic carbocycles. The molecular formula is C28H37NO4S. The number of hydrogen-bond acceptors (Lipinski definition) is 5. The van der Waals surface area contributed by atoms with Crippen LogP contribution >= 0.6 is 11.8 Å². The van der Waals surface area contributed by atoms with Crippen LogP contribution in [0, 0.1) is 6.92 Å². The SMILES string of the molecule is C=C(/C=C\C(=C/C)c1ccc(C)n1CCOc1ccc(CC(OCC)C(=O)OCC)cc1)SC. The molecule has 1 unspecified atom stereocenters. The maximum atomic E-state index is 12.1. The number of hydrogen-bond donors (Lipinski definition) is 0. The number of aryl methyl sites for hydroxylation is 1. The van der Waals surface area contributed by atoms with Gasteiger partial charge in [0.1, 0.15) is 12.4 Å². The fraction of sp³-hybridized carbons (Fsp3) is 0.393. The second-order valence-electron chi connectivity index (χ2n) is 7.65. The largest absolute Gasteiger partial charge is 0.492 e. The van der Waals surface area contributed by atoms with Gasteiger partial charge in [-0.3, -0.25) is 0 Å². The molecule has 0 aliphatic rings. The molecule has 1 atom stereocenters. The van der Waals surface area contributed by atoms with E-state index < -0.39 is 6.10 Å².